The van der Waals surface area contributed by atoms with Gasteiger partial charge in [-0.25, -0.2) is 0 Å². The van der Waals surface area contributed by atoms with Crippen molar-refractivity contribution < 1.29 is 14.6 Å². The van der Waals surface area contributed by atoms with Gasteiger partial charge in [-0.05, 0) is 44.2 Å². The molecule has 4 nitrogen and oxygen atoms in total. The van der Waals surface area contributed by atoms with E-state index in [0.717, 1.165) is 19.5 Å². The molecule has 2 saturated heterocycles. The molecule has 2 rings (SSSR count). The summed E-state index contributed by atoms with van der Waals surface area (Å²) in [7, 11) is 0. The maximum atomic E-state index is 11.5. The first-order chi connectivity index (χ1) is 8.44. The lowest BCUT2D eigenvalue weighted by molar-refractivity contribution is -0.150. The number of ether oxygens (including phenoxy) is 1. The molecule has 0 aromatic rings. The predicted octanol–water partition coefficient (Wildman–Crippen LogP) is 1.99. The second kappa shape index (κ2) is 5.17. The highest BCUT2D eigenvalue weighted by molar-refractivity contribution is 5.75. The molecule has 0 aromatic heterocycles. The van der Waals surface area contributed by atoms with Crippen LogP contribution in [0.2, 0.25) is 0 Å². The third-order valence-corrected chi connectivity index (χ3v) is 4.52. The molecule has 104 valence electrons. The summed E-state index contributed by atoms with van der Waals surface area (Å²) in [5.74, 6) is -0.691. The van der Waals surface area contributed by atoms with Crippen LogP contribution in [0.1, 0.15) is 39.5 Å². The number of hydrogen-bond acceptors (Lipinski definition) is 3. The van der Waals surface area contributed by atoms with Gasteiger partial charge in [-0.15, -0.1) is 0 Å². The van der Waals surface area contributed by atoms with Gasteiger partial charge in [0.25, 0.3) is 0 Å². The number of hydrogen-bond donors (Lipinski definition) is 1. The molecule has 0 amide bonds. The quantitative estimate of drug-likeness (QED) is 0.838. The number of aliphatic carboxylic acids is 1. The minimum Gasteiger partial charge on any atom is -0.481 e. The number of carboxylic acids is 1. The zero-order valence-electron chi connectivity index (χ0n) is 11.6. The molecular weight excluding hydrogens is 230 g/mol. The molecule has 1 N–H and O–H groups in total. The van der Waals surface area contributed by atoms with E-state index >= 15 is 0 Å². The summed E-state index contributed by atoms with van der Waals surface area (Å²) in [5.41, 5.74) is -0.258. The van der Waals surface area contributed by atoms with Crippen LogP contribution in [-0.4, -0.2) is 48.8 Å². The Labute approximate surface area is 109 Å². The van der Waals surface area contributed by atoms with Crippen LogP contribution < -0.4 is 0 Å². The van der Waals surface area contributed by atoms with E-state index in [-0.39, 0.29) is 0 Å². The Balaban J connectivity index is 1.98. The van der Waals surface area contributed by atoms with Crippen LogP contribution in [0, 0.1) is 10.8 Å². The van der Waals surface area contributed by atoms with Gasteiger partial charge >= 0.3 is 5.97 Å². The Kier molecular flexibility index (Phi) is 3.97. The minimum atomic E-state index is -0.691. The van der Waals surface area contributed by atoms with Crippen LogP contribution in [0.25, 0.3) is 0 Å². The molecule has 2 aliphatic rings. The highest BCUT2D eigenvalue weighted by Crippen LogP contribution is 2.34. The Morgan fingerprint density at radius 2 is 2.06 bits per heavy atom. The summed E-state index contributed by atoms with van der Waals surface area (Å²) in [4.78, 5) is 13.8. The van der Waals surface area contributed by atoms with Gasteiger partial charge in [0, 0.05) is 13.2 Å². The van der Waals surface area contributed by atoms with Crippen molar-refractivity contribution in [3.8, 4) is 0 Å². The molecule has 18 heavy (non-hydrogen) atoms. The Bertz CT molecular complexity index is 308. The normalized spacial score (nSPS) is 33.2. The molecule has 2 heterocycles. The van der Waals surface area contributed by atoms with Crippen LogP contribution in [0.5, 0.6) is 0 Å². The zero-order valence-corrected chi connectivity index (χ0v) is 11.6. The number of rotatable bonds is 3. The van der Waals surface area contributed by atoms with Crippen molar-refractivity contribution in [1.82, 2.24) is 4.90 Å². The van der Waals surface area contributed by atoms with Gasteiger partial charge < -0.3 is 14.7 Å². The molecule has 1 unspecified atom stereocenters. The largest absolute Gasteiger partial charge is 0.481 e. The first-order valence-corrected chi connectivity index (χ1v) is 6.97. The van der Waals surface area contributed by atoms with Crippen molar-refractivity contribution in [2.45, 2.75) is 39.5 Å². The van der Waals surface area contributed by atoms with Gasteiger partial charge in [-0.2, -0.15) is 0 Å². The van der Waals surface area contributed by atoms with E-state index in [1.165, 1.54) is 12.8 Å². The molecular formula is C14H25NO3. The van der Waals surface area contributed by atoms with Crippen LogP contribution >= 0.6 is 0 Å². The third kappa shape index (κ3) is 3.04. The highest BCUT2D eigenvalue weighted by atomic mass is 16.5. The van der Waals surface area contributed by atoms with Crippen LogP contribution in [0.15, 0.2) is 0 Å². The van der Waals surface area contributed by atoms with Crippen molar-refractivity contribution in [1.29, 1.82) is 0 Å². The molecule has 4 heteroatoms. The molecule has 0 aliphatic carbocycles. The fourth-order valence-electron chi connectivity index (χ4n) is 3.03. The van der Waals surface area contributed by atoms with Gasteiger partial charge in [-0.3, -0.25) is 4.79 Å². The summed E-state index contributed by atoms with van der Waals surface area (Å²) in [5, 5.41) is 9.46. The number of carbonyl (C=O) groups is 1. The van der Waals surface area contributed by atoms with E-state index in [2.05, 4.69) is 18.7 Å². The van der Waals surface area contributed by atoms with E-state index in [0.29, 0.717) is 31.6 Å². The smallest absolute Gasteiger partial charge is 0.313 e. The van der Waals surface area contributed by atoms with Crippen molar-refractivity contribution in [3.05, 3.63) is 0 Å². The molecule has 0 saturated carbocycles. The Morgan fingerprint density at radius 3 is 2.67 bits per heavy atom. The highest BCUT2D eigenvalue weighted by Gasteiger charge is 2.44. The fourth-order valence-corrected chi connectivity index (χ4v) is 3.03. The Hall–Kier alpha value is -0.610. The maximum Gasteiger partial charge on any atom is 0.313 e. The maximum absolute atomic E-state index is 11.5. The standard InChI is InChI=1S/C14H25NO3/c1-13(2)4-3-7-15(8-5-13)10-14(12(16)17)6-9-18-11-14/h3-11H2,1-2H3,(H,16,17). The molecule has 0 bridgehead atoms. The number of likely N-dealkylation sites (tertiary alicyclic amines) is 1. The van der Waals surface area contributed by atoms with E-state index < -0.39 is 11.4 Å². The third-order valence-electron chi connectivity index (χ3n) is 4.52. The lowest BCUT2D eigenvalue weighted by Crippen LogP contribution is -2.44. The van der Waals surface area contributed by atoms with E-state index in [1.807, 2.05) is 0 Å². The van der Waals surface area contributed by atoms with Gasteiger partial charge in [0.2, 0.25) is 0 Å². The minimum absolute atomic E-state index is 0.377. The predicted molar refractivity (Wildman–Crippen MR) is 69.6 cm³/mol. The SMILES string of the molecule is CC1(C)CCCN(CC2(C(=O)O)CCOC2)CC1. The number of carboxylic acid groups (broad SMARTS) is 1. The summed E-state index contributed by atoms with van der Waals surface area (Å²) < 4.78 is 5.33. The molecule has 2 fully saturated rings. The lowest BCUT2D eigenvalue weighted by atomic mass is 9.85. The van der Waals surface area contributed by atoms with Gasteiger partial charge in [0.05, 0.1) is 6.61 Å². The van der Waals surface area contributed by atoms with Crippen molar-refractivity contribution >= 4 is 5.97 Å². The van der Waals surface area contributed by atoms with Crippen molar-refractivity contribution in [2.75, 3.05) is 32.8 Å². The first-order valence-electron chi connectivity index (χ1n) is 6.97. The first kappa shape index (κ1) is 13.8. The van der Waals surface area contributed by atoms with Crippen molar-refractivity contribution in [2.24, 2.45) is 10.8 Å². The number of nitrogens with zero attached hydrogens (tertiary/aromatic N) is 1. The summed E-state index contributed by atoms with van der Waals surface area (Å²) in [6.45, 7) is 8.27. The lowest BCUT2D eigenvalue weighted by Gasteiger charge is -2.30. The van der Waals surface area contributed by atoms with Crippen LogP contribution in [0.4, 0.5) is 0 Å². The average molecular weight is 255 g/mol. The summed E-state index contributed by atoms with van der Waals surface area (Å²) >= 11 is 0. The van der Waals surface area contributed by atoms with Crippen LogP contribution in [-0.2, 0) is 9.53 Å². The molecule has 0 radical (unpaired) electrons. The fraction of sp³-hybridized carbons (Fsp3) is 0.929. The van der Waals surface area contributed by atoms with E-state index in [1.54, 1.807) is 0 Å². The van der Waals surface area contributed by atoms with Crippen molar-refractivity contribution in [3.63, 3.8) is 0 Å². The summed E-state index contributed by atoms with van der Waals surface area (Å²) in [6, 6.07) is 0. The van der Waals surface area contributed by atoms with Gasteiger partial charge in [0.15, 0.2) is 0 Å². The topological polar surface area (TPSA) is 49.8 Å². The molecule has 2 aliphatic heterocycles. The van der Waals surface area contributed by atoms with Gasteiger partial charge in [-0.1, -0.05) is 13.8 Å². The monoisotopic (exact) mass is 255 g/mol. The second-order valence-electron chi connectivity index (χ2n) is 6.68. The Morgan fingerprint density at radius 1 is 1.28 bits per heavy atom. The second-order valence-corrected chi connectivity index (χ2v) is 6.68. The van der Waals surface area contributed by atoms with Crippen LogP contribution in [0.3, 0.4) is 0 Å². The molecule has 1 atom stereocenters. The van der Waals surface area contributed by atoms with Gasteiger partial charge in [0.1, 0.15) is 5.41 Å². The zero-order chi connectivity index (χ0) is 13.2. The van der Waals surface area contributed by atoms with E-state index in [4.69, 9.17) is 4.74 Å². The summed E-state index contributed by atoms with van der Waals surface area (Å²) in [6.07, 6.45) is 4.22. The molecule has 0 aromatic carbocycles. The average Bonchev–Trinajstić information content (AvgIpc) is 2.69. The van der Waals surface area contributed by atoms with E-state index in [9.17, 15) is 9.90 Å². The molecule has 0 spiro atoms.